The first kappa shape index (κ1) is 95.1. The van der Waals surface area contributed by atoms with Crippen LogP contribution in [0.2, 0.25) is 0 Å². The molecule has 0 aromatic carbocycles. The topological polar surface area (TPSA) is 762 Å². The molecule has 0 spiro atoms. The zero-order valence-corrected chi connectivity index (χ0v) is 60.2. The summed E-state index contributed by atoms with van der Waals surface area (Å²) in [5.74, 6) is -8.64. The van der Waals surface area contributed by atoms with Crippen LogP contribution in [0.4, 0.5) is 0 Å². The van der Waals surface area contributed by atoms with Crippen molar-refractivity contribution in [3.63, 3.8) is 0 Å². The Morgan fingerprint density at radius 1 is 0.282 bits per heavy atom. The second-order valence-electron chi connectivity index (χ2n) is 25.6. The SMILES string of the molecule is CC(=O)NCC(=O)NCC(=O)N[C@@H](CCCCNC(=O)C[C@H]1O[C@H](CO)[C@H](O)[C@H](O)[C@H]1O)C(=O)NCC(=O)NCC(=O)N[C@@H](CCCCNC(=O)C[C@H]1O[C@H](CO)[C@H](O)[C@H](O)[C@H]1O)C(=O)NCC(=O)NCC(=O)N[C@@H](CCCCNC(=O)C[C@H]1O[C@H](CO)[C@H](O)[C@H](O)[C@H]1O)C(=O)NCC(=O)NCC(=O)NCC(=O)NN. The van der Waals surface area contributed by atoms with Gasteiger partial charge in [-0.25, -0.2) is 5.84 Å². The lowest BCUT2D eigenvalue weighted by Gasteiger charge is -2.39. The number of nitrogens with two attached hydrogens (primary N) is 1. The van der Waals surface area contributed by atoms with Crippen molar-refractivity contribution in [3.05, 3.63) is 0 Å². The molecular formula is C62H105N17O31. The van der Waals surface area contributed by atoms with Crippen molar-refractivity contribution in [1.82, 2.24) is 85.2 Å². The van der Waals surface area contributed by atoms with Crippen LogP contribution in [0.15, 0.2) is 0 Å². The Bertz CT molecular complexity index is 3070. The van der Waals surface area contributed by atoms with E-state index in [9.17, 15) is 138 Å². The molecule has 3 rings (SSSR count). The van der Waals surface area contributed by atoms with E-state index < -0.39 is 302 Å². The lowest BCUT2D eigenvalue weighted by atomic mass is 9.93. The quantitative estimate of drug-likeness (QED) is 0.0116. The van der Waals surface area contributed by atoms with Gasteiger partial charge in [0.2, 0.25) is 88.6 Å². The predicted molar refractivity (Wildman–Crippen MR) is 367 cm³/mol. The lowest BCUT2D eigenvalue weighted by Crippen LogP contribution is -2.59. The fourth-order valence-corrected chi connectivity index (χ4v) is 10.8. The molecule has 3 fully saturated rings. The first-order valence-electron chi connectivity index (χ1n) is 35.1. The molecule has 0 radical (unpaired) electrons. The number of carbonyl (C=O) groups excluding carboxylic acids is 16. The van der Waals surface area contributed by atoms with Gasteiger partial charge in [0.05, 0.1) is 116 Å². The van der Waals surface area contributed by atoms with Gasteiger partial charge in [0.25, 0.3) is 5.91 Å². The number of nitrogens with one attached hydrogen (secondary N) is 16. The van der Waals surface area contributed by atoms with E-state index in [1.807, 2.05) is 0 Å². The predicted octanol–water partition coefficient (Wildman–Crippen LogP) is -17.9. The maximum absolute atomic E-state index is 13.7. The summed E-state index contributed by atoms with van der Waals surface area (Å²) >= 11 is 0. The minimum atomic E-state index is -1.75. The van der Waals surface area contributed by atoms with Crippen molar-refractivity contribution in [3.8, 4) is 0 Å². The maximum atomic E-state index is 13.7. The number of unbranched alkanes of at least 4 members (excludes halogenated alkanes) is 3. The van der Waals surface area contributed by atoms with Crippen LogP contribution in [-0.4, -0.2) is 364 Å². The van der Waals surface area contributed by atoms with E-state index in [2.05, 4.69) is 79.8 Å². The summed E-state index contributed by atoms with van der Waals surface area (Å²) in [5.41, 5.74) is 1.78. The number of hydrogen-bond donors (Lipinski definition) is 29. The molecule has 48 nitrogen and oxygen atoms in total. The summed E-state index contributed by atoms with van der Waals surface area (Å²) in [4.78, 5) is 204. The minimum absolute atomic E-state index is 0.0345. The van der Waals surface area contributed by atoms with Crippen LogP contribution >= 0.6 is 0 Å². The molecular weight excluding hydrogens is 1480 g/mol. The van der Waals surface area contributed by atoms with Crippen LogP contribution in [0.3, 0.4) is 0 Å². The van der Waals surface area contributed by atoms with Crippen molar-refractivity contribution in [2.24, 2.45) is 5.84 Å². The molecule has 0 saturated carbocycles. The van der Waals surface area contributed by atoms with Crippen LogP contribution in [0, 0.1) is 0 Å². The molecule has 3 heterocycles. The number of aliphatic hydroxyl groups excluding tert-OH is 12. The van der Waals surface area contributed by atoms with E-state index in [0.717, 1.165) is 6.92 Å². The second-order valence-corrected chi connectivity index (χ2v) is 25.6. The van der Waals surface area contributed by atoms with Crippen molar-refractivity contribution in [2.75, 3.05) is 98.4 Å². The average Bonchev–Trinajstić information content (AvgIpc) is 0.827. The van der Waals surface area contributed by atoms with E-state index in [1.54, 1.807) is 5.43 Å². The number of rotatable bonds is 48. The van der Waals surface area contributed by atoms with E-state index >= 15 is 0 Å². The summed E-state index contributed by atoms with van der Waals surface area (Å²) in [5, 5.41) is 155. The molecule has 3 saturated heterocycles. The highest BCUT2D eigenvalue weighted by molar-refractivity contribution is 5.96. The summed E-state index contributed by atoms with van der Waals surface area (Å²) in [6.45, 7) is -7.64. The fraction of sp³-hybridized carbons (Fsp3) is 0.742. The van der Waals surface area contributed by atoms with Gasteiger partial charge in [0.15, 0.2) is 0 Å². The molecule has 3 aliphatic heterocycles. The third-order valence-corrected chi connectivity index (χ3v) is 17.0. The van der Waals surface area contributed by atoms with Gasteiger partial charge in [-0.05, 0) is 57.8 Å². The van der Waals surface area contributed by atoms with Gasteiger partial charge in [0.1, 0.15) is 91.4 Å². The normalized spacial score (nSPS) is 24.3. The van der Waals surface area contributed by atoms with E-state index in [-0.39, 0.29) is 77.4 Å². The first-order valence-corrected chi connectivity index (χ1v) is 35.1. The van der Waals surface area contributed by atoms with E-state index in [0.29, 0.717) is 0 Å². The van der Waals surface area contributed by atoms with Crippen molar-refractivity contribution in [2.45, 2.75) is 194 Å². The Hall–Kier alpha value is -9.12. The molecule has 3 aliphatic rings. The van der Waals surface area contributed by atoms with Crippen molar-refractivity contribution >= 4 is 94.5 Å². The average molecular weight is 1580 g/mol. The molecule has 0 aromatic rings. The number of carbonyl (C=O) groups is 16. The lowest BCUT2D eigenvalue weighted by molar-refractivity contribution is -0.229. The molecule has 16 amide bonds. The summed E-state index contributed by atoms with van der Waals surface area (Å²) in [6.07, 6.45) is -24.4. The van der Waals surface area contributed by atoms with Crippen LogP contribution in [0.25, 0.3) is 0 Å². The molecule has 30 N–H and O–H groups in total. The van der Waals surface area contributed by atoms with Gasteiger partial charge >= 0.3 is 0 Å². The number of ether oxygens (including phenoxy) is 3. The number of hydrogen-bond acceptors (Lipinski definition) is 32. The summed E-state index contributed by atoms with van der Waals surface area (Å²) in [6, 6.07) is -4.34. The molecule has 0 unspecified atom stereocenters. The van der Waals surface area contributed by atoms with Crippen molar-refractivity contribution < 1.29 is 152 Å². The second kappa shape index (κ2) is 50.6. The molecule has 18 atom stereocenters. The van der Waals surface area contributed by atoms with Gasteiger partial charge in [-0.1, -0.05) is 0 Å². The van der Waals surface area contributed by atoms with Gasteiger partial charge < -0.3 is 155 Å². The third-order valence-electron chi connectivity index (χ3n) is 17.0. The Kier molecular flexibility index (Phi) is 43.8. The standard InChI is InChI=1S/C62H105N17O31/c1-29(83)67-17-42(87)69-22-47(92)76-31(9-3-6-12-65-40(85)15-34-52(97)58(103)55(100)37(27-81)109-34)61(106)74-20-45(90)71-24-49(94)78-32(10-4-7-13-66-41(86)16-35-53(98)59(104)56(101)38(28-82)110-35)62(107)75-21-46(91)70-23-48(93)77-30(60(105)73-19-44(89)68-18-43(88)72-25-50(95)79-63)8-2-5-11-64-39(84)14-33-51(96)57(102)54(99)36(26-80)108-33/h30-38,51-59,80-82,96-104H,2-28,63H2,1H3,(H,64,84)(H,65,85)(H,66,86)(H,67,83)(H,68,89)(H,69,87)(H,70,91)(H,71,90)(H,72,88)(H,73,105)(H,74,106)(H,75,107)(H,76,92)(H,77,93)(H,78,94)(H,79,95)/t30-,31-,32-,33+,34+,35+,36+,37+,38+,51-,52-,53-,54-,55-,56-,57+,58+,59+/m0/s1. The maximum Gasteiger partial charge on any atom is 0.253 e. The molecule has 0 aliphatic carbocycles. The van der Waals surface area contributed by atoms with Crippen LogP contribution in [0.1, 0.15) is 84.0 Å². The molecule has 0 bridgehead atoms. The Morgan fingerprint density at radius 2 is 0.509 bits per heavy atom. The number of aliphatic hydroxyl groups is 12. The molecule has 624 valence electrons. The Morgan fingerprint density at radius 3 is 0.755 bits per heavy atom. The summed E-state index contributed by atoms with van der Waals surface area (Å²) < 4.78 is 16.1. The highest BCUT2D eigenvalue weighted by Gasteiger charge is 2.47. The van der Waals surface area contributed by atoms with Crippen LogP contribution < -0.4 is 91.0 Å². The van der Waals surface area contributed by atoms with Gasteiger partial charge in [-0.15, -0.1) is 0 Å². The Labute approximate surface area is 628 Å². The highest BCUT2D eigenvalue weighted by Crippen LogP contribution is 2.26. The molecule has 110 heavy (non-hydrogen) atoms. The van der Waals surface area contributed by atoms with Gasteiger partial charge in [-0.3, -0.25) is 82.1 Å². The number of amides is 16. The van der Waals surface area contributed by atoms with Crippen LogP contribution in [-0.2, 0) is 90.9 Å². The zero-order valence-electron chi connectivity index (χ0n) is 60.2. The highest BCUT2D eigenvalue weighted by atomic mass is 16.6. The van der Waals surface area contributed by atoms with Crippen LogP contribution in [0.5, 0.6) is 0 Å². The zero-order chi connectivity index (χ0) is 82.2. The molecule has 0 aromatic heterocycles. The third kappa shape index (κ3) is 35.3. The first-order chi connectivity index (χ1) is 52.1. The fourth-order valence-electron chi connectivity index (χ4n) is 10.8. The minimum Gasteiger partial charge on any atom is -0.394 e. The van der Waals surface area contributed by atoms with E-state index in [1.165, 1.54) is 0 Å². The summed E-state index contributed by atoms with van der Waals surface area (Å²) in [7, 11) is 0. The van der Waals surface area contributed by atoms with Gasteiger partial charge in [0, 0.05) is 26.6 Å². The smallest absolute Gasteiger partial charge is 0.253 e. The van der Waals surface area contributed by atoms with Gasteiger partial charge in [-0.2, -0.15) is 0 Å². The van der Waals surface area contributed by atoms with Crippen molar-refractivity contribution in [1.29, 1.82) is 0 Å². The monoisotopic (exact) mass is 1580 g/mol. The Balaban J connectivity index is 1.67. The number of hydrazine groups is 1. The largest absolute Gasteiger partial charge is 0.394 e. The van der Waals surface area contributed by atoms with E-state index in [4.69, 9.17) is 20.1 Å². The molecule has 48 heteroatoms.